The fourth-order valence-corrected chi connectivity index (χ4v) is 1.68. The third kappa shape index (κ3) is 8.90. The smallest absolute Gasteiger partial charge is 0.422 e. The number of ether oxygens (including phenoxy) is 1. The molecule has 5 nitrogen and oxygen atoms in total. The van der Waals surface area contributed by atoms with Gasteiger partial charge in [0, 0.05) is 25.4 Å². The van der Waals surface area contributed by atoms with Crippen LogP contribution in [0.2, 0.25) is 0 Å². The first kappa shape index (κ1) is 19.1. The molecule has 1 rings (SSSR count). The van der Waals surface area contributed by atoms with Crippen molar-refractivity contribution in [1.82, 2.24) is 15.6 Å². The summed E-state index contributed by atoms with van der Waals surface area (Å²) in [5, 5.41) is 6.31. The predicted octanol–water partition coefficient (Wildman–Crippen LogP) is 2.88. The third-order valence-electron chi connectivity index (χ3n) is 2.77. The Morgan fingerprint density at radius 1 is 1.30 bits per heavy atom. The summed E-state index contributed by atoms with van der Waals surface area (Å²) in [5.74, 6) is 0.620. The molecule has 1 heterocycles. The Kier molecular flexibility index (Phi) is 8.21. The molecule has 2 N–H and O–H groups in total. The summed E-state index contributed by atoms with van der Waals surface area (Å²) in [6.07, 6.45) is -0.850. The lowest BCUT2D eigenvalue weighted by atomic mass is 10.3. The fraction of sp³-hybridized carbons (Fsp3) is 0.600. The molecular weight excluding hydrogens is 309 g/mol. The van der Waals surface area contributed by atoms with Gasteiger partial charge in [0.2, 0.25) is 5.88 Å². The van der Waals surface area contributed by atoms with Gasteiger partial charge in [0.25, 0.3) is 0 Å². The van der Waals surface area contributed by atoms with Crippen molar-refractivity contribution in [2.75, 3.05) is 19.7 Å². The molecule has 0 atom stereocenters. The van der Waals surface area contributed by atoms with E-state index in [0.29, 0.717) is 12.5 Å². The van der Waals surface area contributed by atoms with E-state index in [1.165, 1.54) is 12.3 Å². The zero-order valence-corrected chi connectivity index (χ0v) is 13.4. The summed E-state index contributed by atoms with van der Waals surface area (Å²) in [7, 11) is 0. The first-order valence-electron chi connectivity index (χ1n) is 7.61. The Bertz CT molecular complexity index is 492. The van der Waals surface area contributed by atoms with Crippen molar-refractivity contribution >= 4 is 5.96 Å². The highest BCUT2D eigenvalue weighted by atomic mass is 19.4. The molecular formula is C15H23F3N4O. The van der Waals surface area contributed by atoms with Crippen LogP contribution in [0.3, 0.4) is 0 Å². The van der Waals surface area contributed by atoms with Crippen LogP contribution in [0.5, 0.6) is 5.88 Å². The van der Waals surface area contributed by atoms with Crippen LogP contribution in [0.15, 0.2) is 23.3 Å². The molecule has 0 radical (unpaired) electrons. The van der Waals surface area contributed by atoms with Gasteiger partial charge in [-0.25, -0.2) is 9.98 Å². The molecule has 8 heteroatoms. The number of nitrogens with one attached hydrogen (secondary N) is 2. The average molecular weight is 332 g/mol. The van der Waals surface area contributed by atoms with Gasteiger partial charge in [-0.3, -0.25) is 0 Å². The predicted molar refractivity (Wildman–Crippen MR) is 83.5 cm³/mol. The molecule has 1 aromatic heterocycles. The molecule has 23 heavy (non-hydrogen) atoms. The maximum atomic E-state index is 12.1. The molecule has 0 aliphatic rings. The number of guanidine groups is 1. The molecule has 0 aliphatic carbocycles. The lowest BCUT2D eigenvalue weighted by Crippen LogP contribution is -2.37. The minimum Gasteiger partial charge on any atom is -0.468 e. The summed E-state index contributed by atoms with van der Waals surface area (Å²) >= 11 is 0. The first-order chi connectivity index (χ1) is 10.9. The third-order valence-corrected chi connectivity index (χ3v) is 2.77. The van der Waals surface area contributed by atoms with Crippen LogP contribution in [0, 0.1) is 0 Å². The molecule has 1 aromatic rings. The Balaban J connectivity index is 2.61. The first-order valence-corrected chi connectivity index (χ1v) is 7.61. The number of unbranched alkanes of at least 4 members (excludes halogenated alkanes) is 1. The molecule has 0 unspecified atom stereocenters. The number of aliphatic imine (C=N–C) groups is 1. The zero-order valence-electron chi connectivity index (χ0n) is 13.4. The van der Waals surface area contributed by atoms with E-state index in [1.807, 2.05) is 6.92 Å². The maximum Gasteiger partial charge on any atom is 0.422 e. The number of halogens is 3. The SMILES string of the molecule is CCCCNC(=NCc1ccnc(OCC(F)(F)F)c1)NCC. The normalized spacial score (nSPS) is 12.1. The number of hydrogen-bond acceptors (Lipinski definition) is 3. The van der Waals surface area contributed by atoms with Gasteiger partial charge in [0.15, 0.2) is 12.6 Å². The molecule has 0 aromatic carbocycles. The van der Waals surface area contributed by atoms with Crippen LogP contribution in [-0.4, -0.2) is 36.8 Å². The van der Waals surface area contributed by atoms with E-state index < -0.39 is 12.8 Å². The number of rotatable bonds is 8. The van der Waals surface area contributed by atoms with Gasteiger partial charge < -0.3 is 15.4 Å². The Labute approximate surface area is 134 Å². The molecule has 0 amide bonds. The molecule has 0 aliphatic heterocycles. The average Bonchev–Trinajstić information content (AvgIpc) is 2.50. The van der Waals surface area contributed by atoms with Crippen molar-refractivity contribution in [2.24, 2.45) is 4.99 Å². The maximum absolute atomic E-state index is 12.1. The highest BCUT2D eigenvalue weighted by Gasteiger charge is 2.28. The summed E-state index contributed by atoms with van der Waals surface area (Å²) < 4.78 is 41.0. The highest BCUT2D eigenvalue weighted by molar-refractivity contribution is 5.79. The number of hydrogen-bond donors (Lipinski definition) is 2. The van der Waals surface area contributed by atoms with Crippen molar-refractivity contribution in [1.29, 1.82) is 0 Å². The molecule has 0 saturated heterocycles. The number of nitrogens with zero attached hydrogens (tertiary/aromatic N) is 2. The standard InChI is InChI=1S/C15H23F3N4O/c1-3-5-7-21-14(19-4-2)22-10-12-6-8-20-13(9-12)23-11-15(16,17)18/h6,8-9H,3-5,7,10-11H2,1-2H3,(H2,19,21,22). The topological polar surface area (TPSA) is 58.5 Å². The fourth-order valence-electron chi connectivity index (χ4n) is 1.68. The second kappa shape index (κ2) is 9.91. The van der Waals surface area contributed by atoms with E-state index in [0.717, 1.165) is 31.5 Å². The van der Waals surface area contributed by atoms with Crippen LogP contribution < -0.4 is 15.4 Å². The van der Waals surface area contributed by atoms with Crippen molar-refractivity contribution in [3.8, 4) is 5.88 Å². The number of pyridine rings is 1. The minimum absolute atomic E-state index is 0.0565. The van der Waals surface area contributed by atoms with Crippen LogP contribution in [-0.2, 0) is 6.54 Å². The summed E-state index contributed by atoms with van der Waals surface area (Å²) in [4.78, 5) is 8.16. The monoisotopic (exact) mass is 332 g/mol. The van der Waals surface area contributed by atoms with Crippen LogP contribution in [0.25, 0.3) is 0 Å². The van der Waals surface area contributed by atoms with Crippen molar-refractivity contribution in [3.05, 3.63) is 23.9 Å². The van der Waals surface area contributed by atoms with Gasteiger partial charge in [-0.1, -0.05) is 13.3 Å². The minimum atomic E-state index is -4.38. The van der Waals surface area contributed by atoms with Crippen molar-refractivity contribution in [3.63, 3.8) is 0 Å². The Morgan fingerprint density at radius 3 is 2.74 bits per heavy atom. The number of alkyl halides is 3. The van der Waals surface area contributed by atoms with Crippen LogP contribution in [0.1, 0.15) is 32.3 Å². The molecule has 0 bridgehead atoms. The zero-order chi connectivity index (χ0) is 17.1. The number of aromatic nitrogens is 1. The van der Waals surface area contributed by atoms with Gasteiger partial charge in [-0.2, -0.15) is 13.2 Å². The molecule has 0 spiro atoms. The summed E-state index contributed by atoms with van der Waals surface area (Å²) in [5.41, 5.74) is 0.727. The largest absolute Gasteiger partial charge is 0.468 e. The highest BCUT2D eigenvalue weighted by Crippen LogP contribution is 2.17. The lowest BCUT2D eigenvalue weighted by molar-refractivity contribution is -0.154. The van der Waals surface area contributed by atoms with Crippen LogP contribution in [0.4, 0.5) is 13.2 Å². The molecule has 130 valence electrons. The van der Waals surface area contributed by atoms with Gasteiger partial charge in [0.1, 0.15) is 0 Å². The van der Waals surface area contributed by atoms with E-state index in [1.54, 1.807) is 6.07 Å². The quantitative estimate of drug-likeness (QED) is 0.437. The van der Waals surface area contributed by atoms with Gasteiger partial charge in [-0.05, 0) is 25.0 Å². The Hall–Kier alpha value is -1.99. The van der Waals surface area contributed by atoms with E-state index >= 15 is 0 Å². The Morgan fingerprint density at radius 2 is 2.09 bits per heavy atom. The lowest BCUT2D eigenvalue weighted by Gasteiger charge is -2.11. The van der Waals surface area contributed by atoms with E-state index in [2.05, 4.69) is 32.3 Å². The second-order valence-corrected chi connectivity index (χ2v) is 4.88. The van der Waals surface area contributed by atoms with Crippen LogP contribution >= 0.6 is 0 Å². The summed E-state index contributed by atoms with van der Waals surface area (Å²) in [6, 6.07) is 3.16. The van der Waals surface area contributed by atoms with Gasteiger partial charge in [0.05, 0.1) is 6.54 Å². The van der Waals surface area contributed by atoms with E-state index in [9.17, 15) is 13.2 Å². The van der Waals surface area contributed by atoms with E-state index in [-0.39, 0.29) is 5.88 Å². The summed E-state index contributed by atoms with van der Waals surface area (Å²) in [6.45, 7) is 4.59. The van der Waals surface area contributed by atoms with E-state index in [4.69, 9.17) is 0 Å². The molecule has 0 fully saturated rings. The van der Waals surface area contributed by atoms with Gasteiger partial charge >= 0.3 is 6.18 Å². The van der Waals surface area contributed by atoms with Crippen molar-refractivity contribution < 1.29 is 17.9 Å². The molecule has 0 saturated carbocycles. The second-order valence-electron chi connectivity index (χ2n) is 4.88. The van der Waals surface area contributed by atoms with Crippen molar-refractivity contribution in [2.45, 2.75) is 39.4 Å². The van der Waals surface area contributed by atoms with Gasteiger partial charge in [-0.15, -0.1) is 0 Å².